The number of rotatable bonds is 2. The van der Waals surface area contributed by atoms with E-state index in [0.717, 1.165) is 11.9 Å². The van der Waals surface area contributed by atoms with Crippen molar-refractivity contribution in [2.45, 2.75) is 6.92 Å². The van der Waals surface area contributed by atoms with Crippen molar-refractivity contribution in [2.24, 2.45) is 11.7 Å². The third-order valence-electron chi connectivity index (χ3n) is 0.666. The first-order valence-corrected chi connectivity index (χ1v) is 3.19. The Labute approximate surface area is 47.0 Å². The van der Waals surface area contributed by atoms with Gasteiger partial charge in [-0.05, 0) is 12.5 Å². The highest BCUT2D eigenvalue weighted by Gasteiger charge is 1.90. The van der Waals surface area contributed by atoms with Gasteiger partial charge in [-0.2, -0.15) is 0 Å². The summed E-state index contributed by atoms with van der Waals surface area (Å²) in [5.41, 5.74) is 5.25. The van der Waals surface area contributed by atoms with Crippen molar-refractivity contribution >= 4 is 15.9 Å². The van der Waals surface area contributed by atoms with Gasteiger partial charge in [0.1, 0.15) is 0 Å². The van der Waals surface area contributed by atoms with Gasteiger partial charge in [0.2, 0.25) is 0 Å². The van der Waals surface area contributed by atoms with Crippen molar-refractivity contribution in [3.8, 4) is 0 Å². The maximum absolute atomic E-state index is 5.25. The first kappa shape index (κ1) is 6.44. The molecule has 0 unspecified atom stereocenters. The lowest BCUT2D eigenvalue weighted by Crippen LogP contribution is -2.10. The van der Waals surface area contributed by atoms with E-state index in [4.69, 9.17) is 5.73 Å². The zero-order valence-electron chi connectivity index (χ0n) is 3.95. The monoisotopic (exact) mass is 151 g/mol. The second-order valence-corrected chi connectivity index (χ2v) is 2.14. The van der Waals surface area contributed by atoms with Gasteiger partial charge in [0.25, 0.3) is 0 Å². The summed E-state index contributed by atoms with van der Waals surface area (Å²) in [6, 6.07) is 0. The van der Waals surface area contributed by atoms with Crippen LogP contribution in [0.25, 0.3) is 0 Å². The van der Waals surface area contributed by atoms with Crippen molar-refractivity contribution in [3.05, 3.63) is 0 Å². The van der Waals surface area contributed by atoms with Gasteiger partial charge in [-0.15, -0.1) is 0 Å². The molecule has 0 aliphatic rings. The van der Waals surface area contributed by atoms with Crippen LogP contribution in [0.2, 0.25) is 0 Å². The van der Waals surface area contributed by atoms with Crippen LogP contribution in [0.4, 0.5) is 0 Å². The highest BCUT2D eigenvalue weighted by Crippen LogP contribution is 1.94. The van der Waals surface area contributed by atoms with E-state index >= 15 is 0 Å². The molecule has 0 saturated carbocycles. The Kier molecular flexibility index (Phi) is 3.89. The molecule has 0 aromatic carbocycles. The van der Waals surface area contributed by atoms with E-state index in [0.29, 0.717) is 5.92 Å². The Hall–Kier alpha value is 0.440. The quantitative estimate of drug-likeness (QED) is 0.586. The van der Waals surface area contributed by atoms with E-state index < -0.39 is 0 Å². The molecule has 0 aromatic heterocycles. The molecule has 0 amide bonds. The van der Waals surface area contributed by atoms with Gasteiger partial charge < -0.3 is 5.73 Å². The molecule has 0 aliphatic heterocycles. The van der Waals surface area contributed by atoms with Crippen molar-refractivity contribution in [3.63, 3.8) is 0 Å². The average molecular weight is 152 g/mol. The lowest BCUT2D eigenvalue weighted by molar-refractivity contribution is 0.680. The molecule has 0 rings (SSSR count). The van der Waals surface area contributed by atoms with E-state index in [2.05, 4.69) is 22.9 Å². The van der Waals surface area contributed by atoms with Gasteiger partial charge in [0, 0.05) is 5.33 Å². The molecule has 2 heteroatoms. The highest BCUT2D eigenvalue weighted by molar-refractivity contribution is 9.09. The molecule has 0 aromatic rings. The Morgan fingerprint density at radius 3 is 2.33 bits per heavy atom. The first-order valence-electron chi connectivity index (χ1n) is 2.07. The predicted molar refractivity (Wildman–Crippen MR) is 32.0 cm³/mol. The zero-order valence-corrected chi connectivity index (χ0v) is 5.53. The third-order valence-corrected chi connectivity index (χ3v) is 1.77. The summed E-state index contributed by atoms with van der Waals surface area (Å²) in [5, 5.41) is 1.02. The fourth-order valence-corrected chi connectivity index (χ4v) is 0.327. The van der Waals surface area contributed by atoms with Crippen molar-refractivity contribution in [1.29, 1.82) is 0 Å². The Balaban J connectivity index is 2.75. The number of halogens is 1. The van der Waals surface area contributed by atoms with Crippen molar-refractivity contribution < 1.29 is 0 Å². The van der Waals surface area contributed by atoms with E-state index in [1.54, 1.807) is 0 Å². The van der Waals surface area contributed by atoms with Crippen molar-refractivity contribution in [1.82, 2.24) is 0 Å². The topological polar surface area (TPSA) is 26.0 Å². The smallest absolute Gasteiger partial charge is 0.00690 e. The minimum atomic E-state index is 0.630. The fraction of sp³-hybridized carbons (Fsp3) is 1.00. The van der Waals surface area contributed by atoms with Crippen LogP contribution < -0.4 is 5.73 Å². The van der Waals surface area contributed by atoms with Crippen LogP contribution in [0, 0.1) is 5.92 Å². The van der Waals surface area contributed by atoms with Crippen LogP contribution in [0.3, 0.4) is 0 Å². The minimum absolute atomic E-state index is 0.630. The largest absolute Gasteiger partial charge is 0.330 e. The fourth-order valence-electron chi connectivity index (χ4n) is 0.0630. The van der Waals surface area contributed by atoms with Crippen LogP contribution in [0.5, 0.6) is 0 Å². The summed E-state index contributed by atoms with van der Waals surface area (Å²) in [4.78, 5) is 0. The Morgan fingerprint density at radius 2 is 2.33 bits per heavy atom. The molecular formula is C4H10BrN. The zero-order chi connectivity index (χ0) is 4.99. The van der Waals surface area contributed by atoms with Gasteiger partial charge in [-0.25, -0.2) is 0 Å². The SMILES string of the molecule is C[C@@H](CN)CBr. The second-order valence-electron chi connectivity index (χ2n) is 1.50. The molecule has 2 N–H and O–H groups in total. The summed E-state index contributed by atoms with van der Waals surface area (Å²) < 4.78 is 0. The van der Waals surface area contributed by atoms with Gasteiger partial charge >= 0.3 is 0 Å². The molecule has 1 nitrogen and oxygen atoms in total. The molecule has 0 fully saturated rings. The summed E-state index contributed by atoms with van der Waals surface area (Å²) in [7, 11) is 0. The molecule has 0 saturated heterocycles. The molecular weight excluding hydrogens is 142 g/mol. The standard InChI is InChI=1S/C4H10BrN/c1-4(2-5)3-6/h4H,2-3,6H2,1H3/t4-/m1/s1. The minimum Gasteiger partial charge on any atom is -0.330 e. The summed E-state index contributed by atoms with van der Waals surface area (Å²) in [5.74, 6) is 0.630. The number of alkyl halides is 1. The molecule has 0 aliphatic carbocycles. The van der Waals surface area contributed by atoms with Crippen LogP contribution >= 0.6 is 15.9 Å². The van der Waals surface area contributed by atoms with Crippen LogP contribution in [0.15, 0.2) is 0 Å². The molecule has 0 spiro atoms. The van der Waals surface area contributed by atoms with Crippen LogP contribution in [0.1, 0.15) is 6.92 Å². The van der Waals surface area contributed by atoms with Gasteiger partial charge in [-0.3, -0.25) is 0 Å². The van der Waals surface area contributed by atoms with E-state index in [1.165, 1.54) is 0 Å². The van der Waals surface area contributed by atoms with Crippen LogP contribution in [-0.4, -0.2) is 11.9 Å². The van der Waals surface area contributed by atoms with Crippen LogP contribution in [-0.2, 0) is 0 Å². The normalized spacial score (nSPS) is 14.5. The van der Waals surface area contributed by atoms with E-state index in [9.17, 15) is 0 Å². The molecule has 38 valence electrons. The summed E-state index contributed by atoms with van der Waals surface area (Å²) >= 11 is 3.29. The van der Waals surface area contributed by atoms with E-state index in [-0.39, 0.29) is 0 Å². The second kappa shape index (κ2) is 3.62. The first-order chi connectivity index (χ1) is 2.81. The Morgan fingerprint density at radius 1 is 1.83 bits per heavy atom. The molecule has 0 heterocycles. The molecule has 6 heavy (non-hydrogen) atoms. The van der Waals surface area contributed by atoms with Gasteiger partial charge in [0.05, 0.1) is 0 Å². The molecule has 0 bridgehead atoms. The van der Waals surface area contributed by atoms with Crippen molar-refractivity contribution in [2.75, 3.05) is 11.9 Å². The average Bonchev–Trinajstić information content (AvgIpc) is 1.65. The maximum Gasteiger partial charge on any atom is 0.00690 e. The highest BCUT2D eigenvalue weighted by atomic mass is 79.9. The van der Waals surface area contributed by atoms with Gasteiger partial charge in [-0.1, -0.05) is 22.9 Å². The predicted octanol–water partition coefficient (Wildman–Crippen LogP) is 0.976. The lowest BCUT2D eigenvalue weighted by Gasteiger charge is -1.97. The Bertz CT molecular complexity index is 26.7. The maximum atomic E-state index is 5.25. The molecule has 0 radical (unpaired) electrons. The van der Waals surface area contributed by atoms with Gasteiger partial charge in [0.15, 0.2) is 0 Å². The van der Waals surface area contributed by atoms with E-state index in [1.807, 2.05) is 0 Å². The number of hydrogen-bond donors (Lipinski definition) is 1. The summed E-state index contributed by atoms with van der Waals surface area (Å²) in [6.07, 6.45) is 0. The third kappa shape index (κ3) is 2.67. The number of hydrogen-bond acceptors (Lipinski definition) is 1. The summed E-state index contributed by atoms with van der Waals surface area (Å²) in [6.45, 7) is 2.89. The lowest BCUT2D eigenvalue weighted by atomic mass is 10.2. The molecule has 1 atom stereocenters. The number of nitrogens with two attached hydrogens (primary N) is 1.